The second-order valence-corrected chi connectivity index (χ2v) is 7.85. The Morgan fingerprint density at radius 1 is 1.08 bits per heavy atom. The average Bonchev–Trinajstić information content (AvgIpc) is 3.28. The van der Waals surface area contributed by atoms with E-state index in [2.05, 4.69) is 4.90 Å². The summed E-state index contributed by atoms with van der Waals surface area (Å²) < 4.78 is 0. The van der Waals surface area contributed by atoms with Gasteiger partial charge in [-0.3, -0.25) is 14.5 Å². The lowest BCUT2D eigenvalue weighted by molar-refractivity contribution is -0.131. The number of amides is 2. The van der Waals surface area contributed by atoms with Crippen LogP contribution in [0.2, 0.25) is 0 Å². The zero-order valence-corrected chi connectivity index (χ0v) is 15.3. The number of piperazine rings is 1. The fraction of sp³-hybridized carbons (Fsp3) is 0.412. The van der Waals surface area contributed by atoms with E-state index in [0.29, 0.717) is 26.2 Å². The molecule has 0 saturated carbocycles. The number of rotatable bonds is 5. The molecule has 2 aromatic rings. The Morgan fingerprint density at radius 2 is 1.79 bits per heavy atom. The van der Waals surface area contributed by atoms with Crippen molar-refractivity contribution in [3.63, 3.8) is 0 Å². The van der Waals surface area contributed by atoms with Crippen molar-refractivity contribution in [3.05, 3.63) is 44.8 Å². The van der Waals surface area contributed by atoms with E-state index >= 15 is 0 Å². The SMILES string of the molecule is CN(Cc1cccs1)C(=O)CN1CCN(C(=O)c2cccs2)CC1. The summed E-state index contributed by atoms with van der Waals surface area (Å²) in [6.07, 6.45) is 0. The molecule has 0 atom stereocenters. The van der Waals surface area contributed by atoms with Crippen LogP contribution in [0.25, 0.3) is 0 Å². The van der Waals surface area contributed by atoms with Crippen LogP contribution in [-0.4, -0.2) is 66.3 Å². The summed E-state index contributed by atoms with van der Waals surface area (Å²) in [6.45, 7) is 3.93. The van der Waals surface area contributed by atoms with Crippen LogP contribution in [0.5, 0.6) is 0 Å². The van der Waals surface area contributed by atoms with Crippen LogP contribution in [0.1, 0.15) is 14.5 Å². The standard InChI is InChI=1S/C17H21N3O2S2/c1-18(12-14-4-2-10-23-14)16(21)13-19-6-8-20(9-7-19)17(22)15-5-3-11-24-15/h2-5,10-11H,6-9,12-13H2,1H3. The molecule has 1 aliphatic heterocycles. The lowest BCUT2D eigenvalue weighted by Crippen LogP contribution is -2.51. The monoisotopic (exact) mass is 363 g/mol. The molecule has 1 saturated heterocycles. The van der Waals surface area contributed by atoms with Crippen LogP contribution >= 0.6 is 22.7 Å². The van der Waals surface area contributed by atoms with Gasteiger partial charge in [0, 0.05) is 38.1 Å². The minimum atomic E-state index is 0.103. The first kappa shape index (κ1) is 17.1. The zero-order valence-electron chi connectivity index (χ0n) is 13.7. The first-order chi connectivity index (χ1) is 11.6. The molecule has 3 rings (SSSR count). The molecule has 0 radical (unpaired) electrons. The Morgan fingerprint density at radius 3 is 2.42 bits per heavy atom. The van der Waals surface area contributed by atoms with Gasteiger partial charge in [0.05, 0.1) is 18.0 Å². The Kier molecular flexibility index (Phi) is 5.65. The van der Waals surface area contributed by atoms with Crippen LogP contribution in [0.4, 0.5) is 0 Å². The van der Waals surface area contributed by atoms with E-state index in [1.54, 1.807) is 16.2 Å². The summed E-state index contributed by atoms with van der Waals surface area (Å²) in [5.41, 5.74) is 0. The molecule has 0 unspecified atom stereocenters. The Hall–Kier alpha value is -1.70. The molecule has 0 spiro atoms. The zero-order chi connectivity index (χ0) is 16.9. The van der Waals surface area contributed by atoms with Gasteiger partial charge >= 0.3 is 0 Å². The van der Waals surface area contributed by atoms with Gasteiger partial charge in [-0.1, -0.05) is 12.1 Å². The molecule has 2 amide bonds. The Balaban J connectivity index is 1.45. The molecule has 0 bridgehead atoms. The Labute approximate surface area is 150 Å². The predicted octanol–water partition coefficient (Wildman–Crippen LogP) is 2.23. The number of likely N-dealkylation sites (N-methyl/N-ethyl adjacent to an activating group) is 1. The number of nitrogens with zero attached hydrogens (tertiary/aromatic N) is 3. The highest BCUT2D eigenvalue weighted by molar-refractivity contribution is 7.12. The largest absolute Gasteiger partial charge is 0.340 e. The Bertz CT molecular complexity index is 662. The lowest BCUT2D eigenvalue weighted by Gasteiger charge is -2.34. The first-order valence-electron chi connectivity index (χ1n) is 7.95. The summed E-state index contributed by atoms with van der Waals surface area (Å²) in [6, 6.07) is 7.81. The van der Waals surface area contributed by atoms with Gasteiger partial charge in [-0.15, -0.1) is 22.7 Å². The molecule has 7 heteroatoms. The highest BCUT2D eigenvalue weighted by Crippen LogP contribution is 2.14. The molecule has 3 heterocycles. The quantitative estimate of drug-likeness (QED) is 0.818. The van der Waals surface area contributed by atoms with Crippen LogP contribution in [0, 0.1) is 0 Å². The van der Waals surface area contributed by atoms with Crippen molar-refractivity contribution >= 4 is 34.5 Å². The summed E-state index contributed by atoms with van der Waals surface area (Å²) in [5.74, 6) is 0.229. The van der Waals surface area contributed by atoms with E-state index in [0.717, 1.165) is 18.0 Å². The molecule has 0 aliphatic carbocycles. The van der Waals surface area contributed by atoms with Gasteiger partial charge < -0.3 is 9.80 Å². The summed E-state index contributed by atoms with van der Waals surface area (Å²) in [7, 11) is 1.85. The normalized spacial score (nSPS) is 15.5. The molecule has 2 aromatic heterocycles. The minimum absolute atomic E-state index is 0.103. The van der Waals surface area contributed by atoms with E-state index in [1.165, 1.54) is 16.2 Å². The smallest absolute Gasteiger partial charge is 0.264 e. The van der Waals surface area contributed by atoms with Crippen molar-refractivity contribution in [2.75, 3.05) is 39.8 Å². The van der Waals surface area contributed by atoms with Gasteiger partial charge in [0.15, 0.2) is 0 Å². The van der Waals surface area contributed by atoms with Gasteiger partial charge in [0.1, 0.15) is 0 Å². The number of hydrogen-bond acceptors (Lipinski definition) is 5. The third-order valence-electron chi connectivity index (χ3n) is 4.15. The number of thiophene rings is 2. The molecular formula is C17H21N3O2S2. The summed E-state index contributed by atoms with van der Waals surface area (Å²) >= 11 is 3.14. The van der Waals surface area contributed by atoms with E-state index in [-0.39, 0.29) is 11.8 Å². The van der Waals surface area contributed by atoms with Gasteiger partial charge in [0.25, 0.3) is 5.91 Å². The highest BCUT2D eigenvalue weighted by Gasteiger charge is 2.24. The third kappa shape index (κ3) is 4.23. The van der Waals surface area contributed by atoms with Gasteiger partial charge in [-0.2, -0.15) is 0 Å². The van der Waals surface area contributed by atoms with E-state index in [9.17, 15) is 9.59 Å². The molecule has 0 aromatic carbocycles. The van der Waals surface area contributed by atoms with Crippen LogP contribution in [-0.2, 0) is 11.3 Å². The van der Waals surface area contributed by atoms with Crippen molar-refractivity contribution < 1.29 is 9.59 Å². The fourth-order valence-corrected chi connectivity index (χ4v) is 4.15. The predicted molar refractivity (Wildman–Crippen MR) is 97.5 cm³/mol. The topological polar surface area (TPSA) is 43.9 Å². The van der Waals surface area contributed by atoms with Crippen LogP contribution in [0.3, 0.4) is 0 Å². The van der Waals surface area contributed by atoms with Gasteiger partial charge in [0.2, 0.25) is 5.91 Å². The van der Waals surface area contributed by atoms with Crippen molar-refractivity contribution in [3.8, 4) is 0 Å². The summed E-state index contributed by atoms with van der Waals surface area (Å²) in [5, 5.41) is 3.95. The van der Waals surface area contributed by atoms with Crippen molar-refractivity contribution in [1.82, 2.24) is 14.7 Å². The summed E-state index contributed by atoms with van der Waals surface area (Å²) in [4.78, 5) is 32.4. The molecule has 5 nitrogen and oxygen atoms in total. The fourth-order valence-electron chi connectivity index (χ4n) is 2.70. The first-order valence-corrected chi connectivity index (χ1v) is 9.71. The van der Waals surface area contributed by atoms with Crippen molar-refractivity contribution in [1.29, 1.82) is 0 Å². The van der Waals surface area contributed by atoms with Crippen LogP contribution in [0.15, 0.2) is 35.0 Å². The number of carbonyl (C=O) groups excluding carboxylic acids is 2. The second kappa shape index (κ2) is 7.92. The van der Waals surface area contributed by atoms with Gasteiger partial charge in [-0.05, 0) is 22.9 Å². The molecule has 1 fully saturated rings. The third-order valence-corrected chi connectivity index (χ3v) is 5.87. The maximum atomic E-state index is 12.3. The van der Waals surface area contributed by atoms with E-state index in [1.807, 2.05) is 47.0 Å². The number of carbonyl (C=O) groups is 2. The maximum Gasteiger partial charge on any atom is 0.264 e. The molecule has 128 valence electrons. The minimum Gasteiger partial charge on any atom is -0.340 e. The molecular weight excluding hydrogens is 342 g/mol. The molecule has 0 N–H and O–H groups in total. The van der Waals surface area contributed by atoms with Gasteiger partial charge in [-0.25, -0.2) is 0 Å². The average molecular weight is 364 g/mol. The molecule has 1 aliphatic rings. The van der Waals surface area contributed by atoms with E-state index < -0.39 is 0 Å². The van der Waals surface area contributed by atoms with E-state index in [4.69, 9.17) is 0 Å². The van der Waals surface area contributed by atoms with Crippen molar-refractivity contribution in [2.24, 2.45) is 0 Å². The van der Waals surface area contributed by atoms with Crippen molar-refractivity contribution in [2.45, 2.75) is 6.54 Å². The highest BCUT2D eigenvalue weighted by atomic mass is 32.1. The van der Waals surface area contributed by atoms with Crippen LogP contribution < -0.4 is 0 Å². The lowest BCUT2D eigenvalue weighted by atomic mass is 10.3. The number of hydrogen-bond donors (Lipinski definition) is 0. The maximum absolute atomic E-state index is 12.3. The molecule has 24 heavy (non-hydrogen) atoms. The second-order valence-electron chi connectivity index (χ2n) is 5.87.